The van der Waals surface area contributed by atoms with Gasteiger partial charge in [-0.2, -0.15) is 4.98 Å². The fourth-order valence-corrected chi connectivity index (χ4v) is 2.02. The average molecular weight is 233 g/mol. The van der Waals surface area contributed by atoms with E-state index in [1.807, 2.05) is 30.3 Å². The summed E-state index contributed by atoms with van der Waals surface area (Å²) in [5, 5.41) is 0.756. The largest absolute Gasteiger partial charge is 0.368 e. The quantitative estimate of drug-likeness (QED) is 0.423. The Morgan fingerprint density at radius 1 is 1.12 bits per heavy atom. The zero-order valence-corrected chi connectivity index (χ0v) is 9.24. The van der Waals surface area contributed by atoms with Crippen LogP contribution in [-0.2, 0) is 0 Å². The molecule has 0 unspecified atom stereocenters. The van der Waals surface area contributed by atoms with Crippen molar-refractivity contribution in [3.8, 4) is 0 Å². The van der Waals surface area contributed by atoms with Crippen molar-refractivity contribution in [1.29, 1.82) is 0 Å². The number of hydrogen-bond donors (Lipinski definition) is 3. The molecule has 2 rings (SSSR count). The van der Waals surface area contributed by atoms with E-state index in [-0.39, 0.29) is 5.95 Å². The van der Waals surface area contributed by atoms with Crippen LogP contribution in [0.4, 0.5) is 11.8 Å². The Kier molecular flexibility index (Phi) is 3.23. The van der Waals surface area contributed by atoms with Crippen molar-refractivity contribution in [1.82, 2.24) is 9.97 Å². The van der Waals surface area contributed by atoms with Crippen molar-refractivity contribution in [2.24, 2.45) is 5.84 Å². The number of nitrogens with two attached hydrogens (primary N) is 2. The van der Waals surface area contributed by atoms with Crippen LogP contribution < -0.4 is 17.0 Å². The van der Waals surface area contributed by atoms with Gasteiger partial charge in [-0.1, -0.05) is 30.0 Å². The predicted molar refractivity (Wildman–Crippen MR) is 64.8 cm³/mol. The molecule has 1 aromatic carbocycles. The van der Waals surface area contributed by atoms with Crippen molar-refractivity contribution in [2.45, 2.75) is 9.92 Å². The summed E-state index contributed by atoms with van der Waals surface area (Å²) in [6, 6.07) is 11.6. The van der Waals surface area contributed by atoms with E-state index in [0.29, 0.717) is 5.82 Å². The lowest BCUT2D eigenvalue weighted by Crippen LogP contribution is -2.10. The first-order valence-corrected chi connectivity index (χ1v) is 5.43. The fraction of sp³-hybridized carbons (Fsp3) is 0. The lowest BCUT2D eigenvalue weighted by atomic mass is 10.4. The molecule has 5 N–H and O–H groups in total. The molecule has 6 heteroatoms. The van der Waals surface area contributed by atoms with Crippen molar-refractivity contribution < 1.29 is 0 Å². The zero-order chi connectivity index (χ0) is 11.4. The Balaban J connectivity index is 2.24. The van der Waals surface area contributed by atoms with Crippen molar-refractivity contribution in [3.05, 3.63) is 36.4 Å². The second-order valence-electron chi connectivity index (χ2n) is 3.01. The molecule has 0 aliphatic carbocycles. The maximum atomic E-state index is 5.56. The highest BCUT2D eigenvalue weighted by molar-refractivity contribution is 7.99. The second-order valence-corrected chi connectivity index (χ2v) is 4.10. The van der Waals surface area contributed by atoms with E-state index < -0.39 is 0 Å². The maximum Gasteiger partial charge on any atom is 0.223 e. The molecule has 82 valence electrons. The van der Waals surface area contributed by atoms with Gasteiger partial charge in [-0.05, 0) is 12.1 Å². The highest BCUT2D eigenvalue weighted by Gasteiger charge is 2.03. The molecule has 0 spiro atoms. The Labute approximate surface area is 97.3 Å². The number of rotatable bonds is 3. The number of benzene rings is 1. The minimum Gasteiger partial charge on any atom is -0.368 e. The van der Waals surface area contributed by atoms with Crippen molar-refractivity contribution in [3.63, 3.8) is 0 Å². The minimum atomic E-state index is 0.203. The Morgan fingerprint density at radius 2 is 1.88 bits per heavy atom. The van der Waals surface area contributed by atoms with E-state index in [1.165, 1.54) is 11.8 Å². The molecule has 0 fully saturated rings. The van der Waals surface area contributed by atoms with Gasteiger partial charge in [0, 0.05) is 11.0 Å². The molecule has 0 aliphatic heterocycles. The average Bonchev–Trinajstić information content (AvgIpc) is 2.29. The van der Waals surface area contributed by atoms with E-state index in [1.54, 1.807) is 6.07 Å². The summed E-state index contributed by atoms with van der Waals surface area (Å²) in [6.07, 6.45) is 0. The number of anilines is 2. The van der Waals surface area contributed by atoms with E-state index in [4.69, 9.17) is 11.6 Å². The lowest BCUT2D eigenvalue weighted by molar-refractivity contribution is 1.05. The first-order chi connectivity index (χ1) is 7.78. The van der Waals surface area contributed by atoms with Crippen LogP contribution in [0, 0.1) is 0 Å². The van der Waals surface area contributed by atoms with E-state index in [9.17, 15) is 0 Å². The number of hydrazine groups is 1. The molecule has 1 aromatic heterocycles. The molecule has 0 bridgehead atoms. The third kappa shape index (κ3) is 2.62. The van der Waals surface area contributed by atoms with E-state index >= 15 is 0 Å². The molecule has 0 aliphatic rings. The summed E-state index contributed by atoms with van der Waals surface area (Å²) < 4.78 is 0. The van der Waals surface area contributed by atoms with Crippen LogP contribution in [0.15, 0.2) is 46.3 Å². The molecule has 0 saturated carbocycles. The Bertz CT molecular complexity index is 474. The minimum absolute atomic E-state index is 0.203. The molecule has 1 heterocycles. The second kappa shape index (κ2) is 4.82. The summed E-state index contributed by atoms with van der Waals surface area (Å²) in [6.45, 7) is 0. The first kappa shape index (κ1) is 10.7. The summed E-state index contributed by atoms with van der Waals surface area (Å²) in [4.78, 5) is 9.11. The van der Waals surface area contributed by atoms with Crippen LogP contribution in [0.5, 0.6) is 0 Å². The summed E-state index contributed by atoms with van der Waals surface area (Å²) >= 11 is 1.50. The molecule has 0 radical (unpaired) electrons. The highest BCUT2D eigenvalue weighted by Crippen LogP contribution is 2.27. The van der Waals surface area contributed by atoms with Gasteiger partial charge in [-0.3, -0.25) is 0 Å². The Morgan fingerprint density at radius 3 is 2.56 bits per heavy atom. The van der Waals surface area contributed by atoms with Crippen LogP contribution in [0.2, 0.25) is 0 Å². The maximum absolute atomic E-state index is 5.56. The van der Waals surface area contributed by atoms with Gasteiger partial charge >= 0.3 is 0 Å². The third-order valence-corrected chi connectivity index (χ3v) is 2.76. The Hall–Kier alpha value is -1.79. The van der Waals surface area contributed by atoms with E-state index in [0.717, 1.165) is 9.92 Å². The molecule has 0 amide bonds. The number of nitrogens with zero attached hydrogens (tertiary/aromatic N) is 2. The van der Waals surface area contributed by atoms with E-state index in [2.05, 4.69) is 15.4 Å². The number of aromatic nitrogens is 2. The van der Waals surface area contributed by atoms with Crippen LogP contribution >= 0.6 is 11.8 Å². The SMILES string of the molecule is NNc1cc(Sc2ccccc2)nc(N)n1. The molecular formula is C10H11N5S. The fourth-order valence-electron chi connectivity index (χ4n) is 1.18. The van der Waals surface area contributed by atoms with Crippen LogP contribution in [0.3, 0.4) is 0 Å². The van der Waals surface area contributed by atoms with Crippen LogP contribution in [-0.4, -0.2) is 9.97 Å². The third-order valence-electron chi connectivity index (χ3n) is 1.83. The number of nitrogen functional groups attached to an aromatic ring is 2. The van der Waals surface area contributed by atoms with Gasteiger partial charge in [-0.25, -0.2) is 10.8 Å². The van der Waals surface area contributed by atoms with Crippen molar-refractivity contribution >= 4 is 23.5 Å². The molecule has 0 saturated heterocycles. The van der Waals surface area contributed by atoms with Gasteiger partial charge in [0.1, 0.15) is 10.8 Å². The molecule has 16 heavy (non-hydrogen) atoms. The van der Waals surface area contributed by atoms with Gasteiger partial charge < -0.3 is 11.2 Å². The topological polar surface area (TPSA) is 89.8 Å². The van der Waals surface area contributed by atoms with Gasteiger partial charge in [0.25, 0.3) is 0 Å². The predicted octanol–water partition coefficient (Wildman–Crippen LogP) is 1.50. The van der Waals surface area contributed by atoms with Gasteiger partial charge in [0.15, 0.2) is 0 Å². The summed E-state index contributed by atoms with van der Waals surface area (Å²) in [5.74, 6) is 5.98. The number of nitrogens with one attached hydrogen (secondary N) is 1. The molecule has 0 atom stereocenters. The first-order valence-electron chi connectivity index (χ1n) is 4.62. The summed E-state index contributed by atoms with van der Waals surface area (Å²) in [7, 11) is 0. The standard InChI is InChI=1S/C10H11N5S/c11-10-13-8(15-12)6-9(14-10)16-7-4-2-1-3-5-7/h1-6H,12H2,(H3,11,13,14,15). The summed E-state index contributed by atoms with van der Waals surface area (Å²) in [5.41, 5.74) is 8.01. The molecular weight excluding hydrogens is 222 g/mol. The monoisotopic (exact) mass is 233 g/mol. The lowest BCUT2D eigenvalue weighted by Gasteiger charge is -2.04. The molecule has 2 aromatic rings. The van der Waals surface area contributed by atoms with Crippen molar-refractivity contribution in [2.75, 3.05) is 11.2 Å². The molecule has 5 nitrogen and oxygen atoms in total. The highest BCUT2D eigenvalue weighted by atomic mass is 32.2. The zero-order valence-electron chi connectivity index (χ0n) is 8.42. The van der Waals surface area contributed by atoms with Gasteiger partial charge in [0.2, 0.25) is 5.95 Å². The normalized spacial score (nSPS) is 10.1. The van der Waals surface area contributed by atoms with Gasteiger partial charge in [-0.15, -0.1) is 0 Å². The number of hydrogen-bond acceptors (Lipinski definition) is 6. The van der Waals surface area contributed by atoms with Crippen LogP contribution in [0.1, 0.15) is 0 Å². The van der Waals surface area contributed by atoms with Gasteiger partial charge in [0.05, 0.1) is 0 Å². The van der Waals surface area contributed by atoms with Crippen LogP contribution in [0.25, 0.3) is 0 Å². The smallest absolute Gasteiger partial charge is 0.223 e.